The molecule has 1 aliphatic carbocycles. The summed E-state index contributed by atoms with van der Waals surface area (Å²) in [7, 11) is 0. The molecule has 0 saturated carbocycles. The third-order valence-corrected chi connectivity index (χ3v) is 7.95. The van der Waals surface area contributed by atoms with Gasteiger partial charge >= 0.3 is 6.09 Å². The zero-order valence-corrected chi connectivity index (χ0v) is 19.4. The summed E-state index contributed by atoms with van der Waals surface area (Å²) in [5.41, 5.74) is 4.13. The summed E-state index contributed by atoms with van der Waals surface area (Å²) in [5, 5.41) is 0. The molecule has 2 heterocycles. The highest BCUT2D eigenvalue weighted by Crippen LogP contribution is 2.45. The number of benzene rings is 3. The van der Waals surface area contributed by atoms with Gasteiger partial charge in [-0.3, -0.25) is 4.79 Å². The van der Waals surface area contributed by atoms with Gasteiger partial charge in [-0.1, -0.05) is 48.5 Å². The first-order valence-electron chi connectivity index (χ1n) is 12.2. The maximum Gasteiger partial charge on any atom is 0.410 e. The summed E-state index contributed by atoms with van der Waals surface area (Å²) in [6, 6.07) is 17.6. The van der Waals surface area contributed by atoms with Gasteiger partial charge in [0.2, 0.25) is 0 Å². The number of ketones is 1. The summed E-state index contributed by atoms with van der Waals surface area (Å²) < 4.78 is 47.0. The summed E-state index contributed by atoms with van der Waals surface area (Å²) in [6.45, 7) is 0.214. The second-order valence-corrected chi connectivity index (χ2v) is 9.85. The van der Waals surface area contributed by atoms with Gasteiger partial charge < -0.3 is 9.64 Å². The van der Waals surface area contributed by atoms with Crippen LogP contribution < -0.4 is 0 Å². The van der Waals surface area contributed by atoms with Crippen molar-refractivity contribution in [1.29, 1.82) is 0 Å². The van der Waals surface area contributed by atoms with Crippen molar-refractivity contribution >= 4 is 11.9 Å². The van der Waals surface area contributed by atoms with Crippen LogP contribution in [0.3, 0.4) is 0 Å². The molecule has 36 heavy (non-hydrogen) atoms. The minimum absolute atomic E-state index is 0.0468. The summed E-state index contributed by atoms with van der Waals surface area (Å²) >= 11 is 0. The predicted octanol–water partition coefficient (Wildman–Crippen LogP) is 6.48. The highest BCUT2D eigenvalue weighted by molar-refractivity contribution is 5.98. The van der Waals surface area contributed by atoms with Crippen LogP contribution in [0, 0.1) is 23.4 Å². The number of hydrogen-bond donors (Lipinski definition) is 0. The number of halogens is 3. The van der Waals surface area contributed by atoms with Crippen molar-refractivity contribution < 1.29 is 27.5 Å². The summed E-state index contributed by atoms with van der Waals surface area (Å²) in [4.78, 5) is 27.9. The highest BCUT2D eigenvalue weighted by Gasteiger charge is 2.46. The fourth-order valence-electron chi connectivity index (χ4n) is 6.29. The minimum Gasteiger partial charge on any atom is -0.448 e. The van der Waals surface area contributed by atoms with Gasteiger partial charge in [0, 0.05) is 23.9 Å². The van der Waals surface area contributed by atoms with E-state index in [2.05, 4.69) is 24.3 Å². The van der Waals surface area contributed by atoms with Crippen molar-refractivity contribution in [3.8, 4) is 11.1 Å². The molecule has 184 valence electrons. The molecule has 1 amide bonds. The van der Waals surface area contributed by atoms with Crippen molar-refractivity contribution in [1.82, 2.24) is 4.90 Å². The first kappa shape index (κ1) is 22.8. The van der Waals surface area contributed by atoms with Crippen LogP contribution >= 0.6 is 0 Å². The lowest BCUT2D eigenvalue weighted by Crippen LogP contribution is -2.48. The van der Waals surface area contributed by atoms with Gasteiger partial charge in [-0.05, 0) is 60.1 Å². The fraction of sp³-hybridized carbons (Fsp3) is 0.310. The molecular formula is C29H24F3NO3. The van der Waals surface area contributed by atoms with Gasteiger partial charge in [0.25, 0.3) is 0 Å². The Labute approximate surface area is 206 Å². The Bertz CT molecular complexity index is 1310. The number of carbonyl (C=O) groups is 2. The number of nitrogens with zero attached hydrogens (tertiary/aromatic N) is 1. The highest BCUT2D eigenvalue weighted by atomic mass is 19.2. The van der Waals surface area contributed by atoms with Crippen molar-refractivity contribution in [2.45, 2.75) is 43.7 Å². The molecule has 6 rings (SSSR count). The molecule has 0 aromatic heterocycles. The number of ether oxygens (including phenoxy) is 1. The molecule has 3 aromatic rings. The molecule has 2 aliphatic heterocycles. The standard InChI is InChI=1S/C29H24F3NO3/c30-25-12-11-23(26(31)27(25)32)28(34)16-13-17-9-10-18(14-16)33(17)29(35)36-15-24-21-7-3-1-5-19(21)20-6-2-4-8-22(20)24/h1-8,11-12,16-18,24H,9-10,13-15H2. The summed E-state index contributed by atoms with van der Waals surface area (Å²) in [6.07, 6.45) is 1.72. The van der Waals surface area contributed by atoms with E-state index in [4.69, 9.17) is 4.74 Å². The van der Waals surface area contributed by atoms with Gasteiger partial charge in [0.15, 0.2) is 23.2 Å². The average Bonchev–Trinajstić information content (AvgIpc) is 3.36. The van der Waals surface area contributed by atoms with Crippen LogP contribution in [0.4, 0.5) is 18.0 Å². The molecule has 3 aromatic carbocycles. The molecule has 0 N–H and O–H groups in total. The molecule has 4 nitrogen and oxygen atoms in total. The van der Waals surface area contributed by atoms with E-state index in [1.807, 2.05) is 24.3 Å². The van der Waals surface area contributed by atoms with Crippen molar-refractivity contribution in [3.63, 3.8) is 0 Å². The van der Waals surface area contributed by atoms with Crippen LogP contribution in [-0.2, 0) is 4.74 Å². The molecule has 0 radical (unpaired) electrons. The van der Waals surface area contributed by atoms with Crippen molar-refractivity contribution in [3.05, 3.63) is 94.8 Å². The predicted molar refractivity (Wildman–Crippen MR) is 127 cm³/mol. The smallest absolute Gasteiger partial charge is 0.410 e. The number of amides is 1. The maximum atomic E-state index is 14.2. The van der Waals surface area contributed by atoms with E-state index in [9.17, 15) is 22.8 Å². The quantitative estimate of drug-likeness (QED) is 0.310. The minimum atomic E-state index is -1.64. The summed E-state index contributed by atoms with van der Waals surface area (Å²) in [5.74, 6) is -5.56. The molecule has 2 saturated heterocycles. The lowest BCUT2D eigenvalue weighted by atomic mass is 9.84. The molecular weight excluding hydrogens is 467 g/mol. The molecule has 2 atom stereocenters. The lowest BCUT2D eigenvalue weighted by Gasteiger charge is -2.37. The van der Waals surface area contributed by atoms with E-state index in [1.54, 1.807) is 4.90 Å². The van der Waals surface area contributed by atoms with Crippen LogP contribution in [0.2, 0.25) is 0 Å². The van der Waals surface area contributed by atoms with E-state index in [1.165, 1.54) is 0 Å². The molecule has 2 unspecified atom stereocenters. The molecule has 3 aliphatic rings. The van der Waals surface area contributed by atoms with Gasteiger partial charge in [0.05, 0.1) is 5.56 Å². The Morgan fingerprint density at radius 3 is 2.00 bits per heavy atom. The molecule has 7 heteroatoms. The fourth-order valence-corrected chi connectivity index (χ4v) is 6.29. The van der Waals surface area contributed by atoms with E-state index >= 15 is 0 Å². The third-order valence-electron chi connectivity index (χ3n) is 7.95. The second-order valence-electron chi connectivity index (χ2n) is 9.85. The Morgan fingerprint density at radius 1 is 0.806 bits per heavy atom. The van der Waals surface area contributed by atoms with Crippen LogP contribution in [0.1, 0.15) is 53.1 Å². The zero-order valence-electron chi connectivity index (χ0n) is 19.4. The third kappa shape index (κ3) is 3.60. The molecule has 2 bridgehead atoms. The monoisotopic (exact) mass is 491 g/mol. The number of carbonyl (C=O) groups excluding carboxylic acids is 2. The molecule has 2 fully saturated rings. The van der Waals surface area contributed by atoms with Crippen LogP contribution in [-0.4, -0.2) is 35.5 Å². The van der Waals surface area contributed by atoms with Gasteiger partial charge in [-0.25, -0.2) is 18.0 Å². The Balaban J connectivity index is 1.15. The SMILES string of the molecule is O=C(c1ccc(F)c(F)c1F)C1CC2CCC(C1)N2C(=O)OCC1c2ccccc2-c2ccccc21. The number of Topliss-reactive ketones (excluding diaryl/α,β-unsaturated/α-hetero) is 1. The van der Waals surface area contributed by atoms with Crippen LogP contribution in [0.5, 0.6) is 0 Å². The van der Waals surface area contributed by atoms with E-state index in [0.29, 0.717) is 12.8 Å². The number of fused-ring (bicyclic) bond motifs is 5. The Hall–Kier alpha value is -3.61. The van der Waals surface area contributed by atoms with Crippen LogP contribution in [0.15, 0.2) is 60.7 Å². The Kier molecular flexibility index (Phi) is 5.58. The second kappa shape index (κ2) is 8.80. The number of piperidine rings is 1. The number of hydrogen-bond acceptors (Lipinski definition) is 3. The van der Waals surface area contributed by atoms with Gasteiger partial charge in [-0.15, -0.1) is 0 Å². The Morgan fingerprint density at radius 2 is 1.39 bits per heavy atom. The molecule has 0 spiro atoms. The first-order valence-corrected chi connectivity index (χ1v) is 12.2. The maximum absolute atomic E-state index is 14.2. The normalized spacial score (nSPS) is 22.3. The zero-order chi connectivity index (χ0) is 25.0. The number of rotatable bonds is 4. The van der Waals surface area contributed by atoms with E-state index in [0.717, 1.165) is 47.2 Å². The largest absolute Gasteiger partial charge is 0.448 e. The van der Waals surface area contributed by atoms with Crippen molar-refractivity contribution in [2.24, 2.45) is 5.92 Å². The topological polar surface area (TPSA) is 46.6 Å². The first-order chi connectivity index (χ1) is 17.4. The van der Waals surface area contributed by atoms with Crippen molar-refractivity contribution in [2.75, 3.05) is 6.61 Å². The average molecular weight is 492 g/mol. The van der Waals surface area contributed by atoms with Crippen LogP contribution in [0.25, 0.3) is 11.1 Å². The van der Waals surface area contributed by atoms with E-state index < -0.39 is 40.8 Å². The van der Waals surface area contributed by atoms with Gasteiger partial charge in [-0.2, -0.15) is 0 Å². The van der Waals surface area contributed by atoms with Gasteiger partial charge in [0.1, 0.15) is 6.61 Å². The lowest BCUT2D eigenvalue weighted by molar-refractivity contribution is 0.0504. The van der Waals surface area contributed by atoms with E-state index in [-0.39, 0.29) is 24.6 Å².